The summed E-state index contributed by atoms with van der Waals surface area (Å²) in [7, 11) is 0.544. The Labute approximate surface area is 609 Å². The van der Waals surface area contributed by atoms with Crippen molar-refractivity contribution in [2.75, 3.05) is 45.9 Å². The van der Waals surface area contributed by atoms with E-state index >= 15 is 0 Å². The van der Waals surface area contributed by atoms with Gasteiger partial charge in [0.2, 0.25) is 11.1 Å². The predicted octanol–water partition coefficient (Wildman–Crippen LogP) is 15.2. The first-order valence-electron chi connectivity index (χ1n) is 32.0. The number of likely N-dealkylation sites (tertiary alicyclic amines) is 3. The number of aliphatic hydroxyl groups is 1. The summed E-state index contributed by atoms with van der Waals surface area (Å²) in [4.78, 5) is 58.9. The number of aromatic nitrogens is 2. The number of aromatic hydroxyl groups is 2. The lowest BCUT2D eigenvalue weighted by Gasteiger charge is -2.24. The van der Waals surface area contributed by atoms with Gasteiger partial charge in [0.1, 0.15) is 58.0 Å². The summed E-state index contributed by atoms with van der Waals surface area (Å²) in [6.45, 7) is 29.1. The van der Waals surface area contributed by atoms with E-state index in [2.05, 4.69) is 76.9 Å². The first-order valence-corrected chi connectivity index (χ1v) is 34.7. The molecule has 4 fully saturated rings. The molecule has 21 nitrogen and oxygen atoms in total. The molecule has 6 aliphatic rings. The molecule has 3 amide bonds. The Kier molecular flexibility index (Phi) is 28.7. The van der Waals surface area contributed by atoms with Crippen molar-refractivity contribution in [1.29, 1.82) is 0 Å². The van der Waals surface area contributed by atoms with Crippen molar-refractivity contribution in [3.63, 3.8) is 0 Å². The fourth-order valence-electron chi connectivity index (χ4n) is 11.2. The maximum absolute atomic E-state index is 14.0. The van der Waals surface area contributed by atoms with Crippen LogP contribution < -0.4 is 14.1 Å². The number of phenols is 2. The molecule has 0 aliphatic carbocycles. The van der Waals surface area contributed by atoms with E-state index in [1.807, 2.05) is 91.3 Å². The highest BCUT2D eigenvalue weighted by atomic mass is 79.9. The van der Waals surface area contributed by atoms with Gasteiger partial charge in [0.15, 0.2) is 6.23 Å². The highest BCUT2D eigenvalue weighted by molar-refractivity contribution is 9.10. The van der Waals surface area contributed by atoms with Crippen molar-refractivity contribution in [1.82, 2.24) is 24.5 Å². The number of halogens is 6. The number of allylic oxidation sites excluding steroid dienone is 1. The third-order valence-electron chi connectivity index (χ3n) is 15.7. The lowest BCUT2D eigenvalue weighted by atomic mass is 9.97. The number of amides is 3. The molecule has 5 aromatic carbocycles. The van der Waals surface area contributed by atoms with E-state index in [0.717, 1.165) is 110 Å². The molecule has 4 saturated heterocycles. The van der Waals surface area contributed by atoms with Gasteiger partial charge in [-0.15, -0.1) is 0 Å². The number of aryl methyl sites for hydroxylation is 1. The average Bonchev–Trinajstić information content (AvgIpc) is 1.70. The van der Waals surface area contributed by atoms with Crippen LogP contribution in [0.25, 0.3) is 22.0 Å². The van der Waals surface area contributed by atoms with Crippen LogP contribution in [0.4, 0.5) is 14.0 Å². The van der Waals surface area contributed by atoms with Gasteiger partial charge in [-0.1, -0.05) is 74.3 Å². The van der Waals surface area contributed by atoms with Crippen LogP contribution >= 0.6 is 66.7 Å². The second kappa shape index (κ2) is 35.9. The molecule has 0 saturated carbocycles. The minimum atomic E-state index is -0.509. The van der Waals surface area contributed by atoms with Gasteiger partial charge >= 0.3 is 19.9 Å². The Morgan fingerprint density at radius 3 is 1.75 bits per heavy atom. The number of hydrogen-bond acceptors (Lipinski definition) is 17. The largest absolute Gasteiger partial charge is 0.569 e. The van der Waals surface area contributed by atoms with Crippen molar-refractivity contribution in [2.45, 2.75) is 150 Å². The molecule has 0 bridgehead atoms. The van der Waals surface area contributed by atoms with Crippen molar-refractivity contribution in [2.24, 2.45) is 9.98 Å². The number of β-amino-alcohol motifs (C(OH)–C–C–N with tert-alkyl or cyclic N) is 1. The van der Waals surface area contributed by atoms with Gasteiger partial charge in [0.05, 0.1) is 58.9 Å². The van der Waals surface area contributed by atoms with E-state index in [9.17, 15) is 33.8 Å². The van der Waals surface area contributed by atoms with E-state index in [0.29, 0.717) is 88.3 Å². The van der Waals surface area contributed by atoms with Gasteiger partial charge in [-0.25, -0.2) is 18.7 Å². The highest BCUT2D eigenvalue weighted by Crippen LogP contribution is 2.39. The predicted molar refractivity (Wildman–Crippen MR) is 389 cm³/mol. The van der Waals surface area contributed by atoms with Crippen LogP contribution in [-0.2, 0) is 36.9 Å². The normalized spacial score (nSPS) is 18.1. The first-order chi connectivity index (χ1) is 46.7. The molecule has 1 aromatic heterocycles. The lowest BCUT2D eigenvalue weighted by molar-refractivity contribution is -0.125. The molecule has 4 atom stereocenters. The summed E-state index contributed by atoms with van der Waals surface area (Å²) in [6, 6.07) is 20.9. The number of carbonyl (C=O) groups is 4. The van der Waals surface area contributed by atoms with Crippen molar-refractivity contribution >= 4 is 120 Å². The van der Waals surface area contributed by atoms with Crippen LogP contribution in [0.3, 0.4) is 0 Å². The zero-order chi connectivity index (χ0) is 72.6. The summed E-state index contributed by atoms with van der Waals surface area (Å²) in [5, 5.41) is 41.1. The highest BCUT2D eigenvalue weighted by Gasteiger charge is 2.34. The smallest absolute Gasteiger partial charge is 0.537 e. The Morgan fingerprint density at radius 1 is 0.687 bits per heavy atom. The maximum Gasteiger partial charge on any atom is 0.569 e. The van der Waals surface area contributed by atoms with Crippen LogP contribution in [0.2, 0.25) is 10.0 Å². The van der Waals surface area contributed by atoms with E-state index in [-0.39, 0.29) is 65.0 Å². The second-order valence-corrected chi connectivity index (χ2v) is 28.8. The Morgan fingerprint density at radius 2 is 1.22 bits per heavy atom. The Bertz CT molecular complexity index is 3970. The third kappa shape index (κ3) is 22.9. The zero-order valence-electron chi connectivity index (χ0n) is 56.8. The van der Waals surface area contributed by atoms with Crippen molar-refractivity contribution in [3.05, 3.63) is 151 Å². The number of hydrogen-bond donors (Lipinski definition) is 4. The standard InChI is InChI=1S/C22H21ClN2O3.C18H23BrN2O3.C13H14BrFN2O.C9H17NO3.C6H5BClO3.C3H3ClO/c1-3-21(27)25-7-6-17(12-25)28-20-10-15(8-16-11-24-13(2)22(16)20)14-4-5-19(26)18(23)9-14;1-11-16-12(9-20-11)7-13(19)8-15(16)23-14-5-6-21(10-14)17(22)24-18(2,3)4;1-8-13-10(15)6-9(14)7-11(13)17(16-8)12-4-2-3-5-18-12;1-9(2,3)13-8(12)10-5-4-7(11)6-10;8-5-3-4(11-7-10)1-2-6(5)9;1-2-3(4)5/h3-5,8-10,17,26H,1,6-7,11-12H2,2H3;7-8,14H,5-6,9-10H2,1-4H3;6-7,12H,2-5H2,1H3;7,11H,4-6H2,1-3H3;1-3,9-10H;2H,1H2/t17-;14-;;;;/m00..../s1. The lowest BCUT2D eigenvalue weighted by Crippen LogP contribution is -2.36. The van der Waals surface area contributed by atoms with Crippen LogP contribution in [-0.4, -0.2) is 163 Å². The molecule has 0 spiro atoms. The molecular formula is C71H83BBr2Cl3FN7O14. The molecule has 6 aromatic rings. The van der Waals surface area contributed by atoms with E-state index in [1.165, 1.54) is 40.8 Å². The van der Waals surface area contributed by atoms with Gasteiger partial charge in [-0.3, -0.25) is 19.6 Å². The molecule has 2 unspecified atom stereocenters. The van der Waals surface area contributed by atoms with Gasteiger partial charge in [-0.05, 0) is 195 Å². The zero-order valence-corrected chi connectivity index (χ0v) is 62.2. The number of fused-ring (bicyclic) bond motifs is 3. The van der Waals surface area contributed by atoms with Gasteiger partial charge < -0.3 is 63.4 Å². The minimum absolute atomic E-state index is 0.0167. The van der Waals surface area contributed by atoms with Gasteiger partial charge in [0.25, 0.3) is 0 Å². The summed E-state index contributed by atoms with van der Waals surface area (Å²) in [5.74, 6) is 1.72. The number of phenolic OH excluding ortho intramolecular Hbond substituents is 2. The van der Waals surface area contributed by atoms with Gasteiger partial charge in [0, 0.05) is 83.2 Å². The van der Waals surface area contributed by atoms with E-state index < -0.39 is 16.4 Å². The van der Waals surface area contributed by atoms with Gasteiger partial charge in [-0.2, -0.15) is 5.10 Å². The third-order valence-corrected chi connectivity index (χ3v) is 17.4. The van der Waals surface area contributed by atoms with E-state index in [4.69, 9.17) is 68.6 Å². The minimum Gasteiger partial charge on any atom is -0.537 e. The molecule has 4 N–H and O–H groups in total. The number of aliphatic imine (C=N–C) groups is 2. The fourth-order valence-corrected chi connectivity index (χ4v) is 12.4. The van der Waals surface area contributed by atoms with Crippen LogP contribution in [0.1, 0.15) is 128 Å². The average molecular weight is 1550 g/mol. The molecule has 6 aliphatic heterocycles. The van der Waals surface area contributed by atoms with Crippen LogP contribution in [0, 0.1) is 12.7 Å². The van der Waals surface area contributed by atoms with E-state index in [1.54, 1.807) is 21.9 Å². The second-order valence-electron chi connectivity index (χ2n) is 25.7. The molecule has 12 rings (SSSR count). The first kappa shape index (κ1) is 79.1. The monoisotopic (exact) mass is 1550 g/mol. The molecule has 99 heavy (non-hydrogen) atoms. The number of rotatable bonds is 10. The molecule has 7 heterocycles. The van der Waals surface area contributed by atoms with Crippen molar-refractivity contribution < 1.29 is 72.3 Å². The summed E-state index contributed by atoms with van der Waals surface area (Å²) in [5.41, 5.74) is 8.80. The van der Waals surface area contributed by atoms with Crippen molar-refractivity contribution in [3.8, 4) is 39.9 Å². The quantitative estimate of drug-likeness (QED) is 0.0565. The number of benzene rings is 5. The van der Waals surface area contributed by atoms with Crippen LogP contribution in [0.15, 0.2) is 117 Å². The number of nitrogens with zero attached hydrogens (tertiary/aromatic N) is 7. The summed E-state index contributed by atoms with van der Waals surface area (Å²) in [6.07, 6.45) is 6.62. The Balaban J connectivity index is 0.000000177. The maximum atomic E-state index is 14.0. The number of ether oxygens (including phenoxy) is 5. The fraction of sp³-hybridized carbons (Fsp3) is 0.423. The van der Waals surface area contributed by atoms with Crippen LogP contribution in [0.5, 0.6) is 28.7 Å². The summed E-state index contributed by atoms with van der Waals surface area (Å²) < 4.78 is 50.9. The number of carbonyl (C=O) groups excluding carboxylic acids is 4. The Hall–Kier alpha value is -7.23. The number of aliphatic hydroxyl groups excluding tert-OH is 1. The SMILES string of the molecule is C=CC(=O)Cl.C=CC(=O)N1CC[C@H](Oc2cc(-c3ccc(O)c(Cl)c3)cc3c2C(C)=NC3)C1.CC(C)(C)OC(=O)N1CCC(O)C1.CC1=NCc2cc(Br)cc(O[C@H]3CCN(C(=O)OC(C)(C)C)C3)c21.Cc1nn(C2CCCCO2)c2cc(Br)cc(F)c12.O[B]Oc1ccc(O)c(Cl)c1. The molecular weight excluding hydrogens is 1470 g/mol. The summed E-state index contributed by atoms with van der Waals surface area (Å²) >= 11 is 23.2. The molecule has 1 radical (unpaired) electrons. The topological polar surface area (TPSA) is 257 Å². The molecule has 531 valence electrons. The molecule has 28 heteroatoms.